The highest BCUT2D eigenvalue weighted by Gasteiger charge is 2.25. The van der Waals surface area contributed by atoms with E-state index in [4.69, 9.17) is 9.16 Å². The van der Waals surface area contributed by atoms with E-state index in [-0.39, 0.29) is 6.10 Å². The molecule has 3 heteroatoms. The van der Waals surface area contributed by atoms with Gasteiger partial charge in [-0.1, -0.05) is 25.5 Å². The fourth-order valence-corrected chi connectivity index (χ4v) is 3.03. The van der Waals surface area contributed by atoms with Crippen molar-refractivity contribution in [3.05, 3.63) is 35.9 Å². The smallest absolute Gasteiger partial charge is 0.242 e. The fraction of sp³-hybridized carbons (Fsp3) is 0.500. The van der Waals surface area contributed by atoms with Crippen LogP contribution in [0.4, 0.5) is 0 Å². The number of para-hydroxylation sites is 1. The van der Waals surface area contributed by atoms with Crippen molar-refractivity contribution in [3.8, 4) is 5.75 Å². The van der Waals surface area contributed by atoms with Crippen molar-refractivity contribution in [1.82, 2.24) is 0 Å². The molecule has 1 unspecified atom stereocenters. The lowest BCUT2D eigenvalue weighted by Gasteiger charge is -2.29. The summed E-state index contributed by atoms with van der Waals surface area (Å²) in [6.07, 6.45) is 5.75. The van der Waals surface area contributed by atoms with Gasteiger partial charge in [0.2, 0.25) is 8.32 Å². The Hall–Kier alpha value is -1.22. The minimum atomic E-state index is -1.60. The molecule has 0 aliphatic carbocycles. The zero-order valence-electron chi connectivity index (χ0n) is 12.4. The molecule has 0 amide bonds. The number of hydrogen-bond acceptors (Lipinski definition) is 2. The number of ether oxygens (including phenoxy) is 1. The van der Waals surface area contributed by atoms with Crippen LogP contribution in [0.15, 0.2) is 30.3 Å². The van der Waals surface area contributed by atoms with Gasteiger partial charge in [0.15, 0.2) is 0 Å². The molecule has 0 radical (unpaired) electrons. The van der Waals surface area contributed by atoms with E-state index in [0.29, 0.717) is 0 Å². The molecule has 1 aromatic carbocycles. The second kappa shape index (κ2) is 5.82. The molecular weight excluding hydrogens is 252 g/mol. The lowest BCUT2D eigenvalue weighted by atomic mass is 10.0. The summed E-state index contributed by atoms with van der Waals surface area (Å²) >= 11 is 0. The largest absolute Gasteiger partial charge is 0.544 e. The molecule has 2 nitrogen and oxygen atoms in total. The first-order chi connectivity index (χ1) is 8.99. The summed E-state index contributed by atoms with van der Waals surface area (Å²) < 4.78 is 12.3. The van der Waals surface area contributed by atoms with Gasteiger partial charge in [0.05, 0.1) is 5.56 Å². The topological polar surface area (TPSA) is 18.5 Å². The Bertz CT molecular complexity index is 460. The molecule has 1 heterocycles. The van der Waals surface area contributed by atoms with E-state index in [1.165, 1.54) is 12.8 Å². The molecule has 0 N–H and O–H groups in total. The number of fused-ring (bicyclic) bond motifs is 1. The number of benzene rings is 1. The van der Waals surface area contributed by atoms with Crippen molar-refractivity contribution < 1.29 is 9.16 Å². The highest BCUT2D eigenvalue weighted by molar-refractivity contribution is 6.70. The summed E-state index contributed by atoms with van der Waals surface area (Å²) in [5.41, 5.74) is 1.10. The van der Waals surface area contributed by atoms with Crippen LogP contribution in [0, 0.1) is 0 Å². The Balaban J connectivity index is 2.25. The summed E-state index contributed by atoms with van der Waals surface area (Å²) in [5, 5.41) is 0. The summed E-state index contributed by atoms with van der Waals surface area (Å²) in [6, 6.07) is 8.18. The Morgan fingerprint density at radius 2 is 1.95 bits per heavy atom. The van der Waals surface area contributed by atoms with Crippen molar-refractivity contribution in [2.75, 3.05) is 0 Å². The van der Waals surface area contributed by atoms with Gasteiger partial charge < -0.3 is 9.16 Å². The monoisotopic (exact) mass is 276 g/mol. The zero-order chi connectivity index (χ0) is 13.9. The molecule has 0 aromatic heterocycles. The standard InChI is InChI=1S/C16H24O2Si/c1-5-6-9-13-12-16(18-19(2,3)4)14-10-7-8-11-15(14)17-13/h7-8,10-13H,5-6,9H2,1-4H3. The number of unbranched alkanes of at least 4 members (excludes halogenated alkanes) is 1. The van der Waals surface area contributed by atoms with Crippen LogP contribution in [0.5, 0.6) is 5.75 Å². The first-order valence-corrected chi connectivity index (χ1v) is 10.6. The summed E-state index contributed by atoms with van der Waals surface area (Å²) in [4.78, 5) is 0. The lowest BCUT2D eigenvalue weighted by Crippen LogP contribution is -2.27. The van der Waals surface area contributed by atoms with Gasteiger partial charge in [-0.15, -0.1) is 0 Å². The van der Waals surface area contributed by atoms with Crippen molar-refractivity contribution >= 4 is 14.1 Å². The molecule has 0 fully saturated rings. The predicted octanol–water partition coefficient (Wildman–Crippen LogP) is 4.83. The van der Waals surface area contributed by atoms with Crippen LogP contribution >= 0.6 is 0 Å². The third-order valence-electron chi connectivity index (χ3n) is 3.03. The van der Waals surface area contributed by atoms with Crippen LogP contribution in [0.2, 0.25) is 19.6 Å². The zero-order valence-corrected chi connectivity index (χ0v) is 13.4. The summed E-state index contributed by atoms with van der Waals surface area (Å²) in [6.45, 7) is 8.85. The minimum absolute atomic E-state index is 0.154. The second-order valence-electron chi connectivity index (χ2n) is 6.04. The van der Waals surface area contributed by atoms with Crippen LogP contribution < -0.4 is 4.74 Å². The maximum absolute atomic E-state index is 6.24. The summed E-state index contributed by atoms with van der Waals surface area (Å²) in [7, 11) is -1.60. The molecule has 1 aliphatic heterocycles. The van der Waals surface area contributed by atoms with E-state index in [1.807, 2.05) is 18.2 Å². The molecule has 19 heavy (non-hydrogen) atoms. The maximum atomic E-state index is 6.24. The SMILES string of the molecule is CCCCC1C=C(O[Si](C)(C)C)c2ccccc2O1. The number of rotatable bonds is 5. The lowest BCUT2D eigenvalue weighted by molar-refractivity contribution is 0.225. The van der Waals surface area contributed by atoms with Crippen LogP contribution in [-0.4, -0.2) is 14.4 Å². The molecule has 2 rings (SSSR count). The molecular formula is C16H24O2Si. The van der Waals surface area contributed by atoms with Gasteiger partial charge in [-0.05, 0) is 50.7 Å². The van der Waals surface area contributed by atoms with Crippen LogP contribution in [0.1, 0.15) is 31.7 Å². The van der Waals surface area contributed by atoms with Gasteiger partial charge in [-0.3, -0.25) is 0 Å². The Morgan fingerprint density at radius 3 is 2.63 bits per heavy atom. The van der Waals surface area contributed by atoms with E-state index in [2.05, 4.69) is 38.7 Å². The fourth-order valence-electron chi connectivity index (χ4n) is 2.20. The predicted molar refractivity (Wildman–Crippen MR) is 82.8 cm³/mol. The van der Waals surface area contributed by atoms with Gasteiger partial charge in [0, 0.05) is 0 Å². The van der Waals surface area contributed by atoms with Gasteiger partial charge in [-0.2, -0.15) is 0 Å². The Kier molecular flexibility index (Phi) is 4.35. The molecule has 0 spiro atoms. The van der Waals surface area contributed by atoms with Crippen LogP contribution in [0.3, 0.4) is 0 Å². The average Bonchev–Trinajstić information content (AvgIpc) is 2.34. The first kappa shape index (κ1) is 14.2. The van der Waals surface area contributed by atoms with Gasteiger partial charge in [0.1, 0.15) is 17.6 Å². The second-order valence-corrected chi connectivity index (χ2v) is 10.5. The van der Waals surface area contributed by atoms with E-state index in [1.54, 1.807) is 0 Å². The van der Waals surface area contributed by atoms with E-state index < -0.39 is 8.32 Å². The quantitative estimate of drug-likeness (QED) is 0.717. The highest BCUT2D eigenvalue weighted by Crippen LogP contribution is 2.35. The van der Waals surface area contributed by atoms with Crippen molar-refractivity contribution in [2.45, 2.75) is 51.9 Å². The van der Waals surface area contributed by atoms with E-state index in [0.717, 1.165) is 23.5 Å². The van der Waals surface area contributed by atoms with Gasteiger partial charge in [0.25, 0.3) is 0 Å². The minimum Gasteiger partial charge on any atom is -0.544 e. The van der Waals surface area contributed by atoms with Crippen molar-refractivity contribution in [2.24, 2.45) is 0 Å². The van der Waals surface area contributed by atoms with Crippen molar-refractivity contribution in [1.29, 1.82) is 0 Å². The molecule has 0 bridgehead atoms. The van der Waals surface area contributed by atoms with Gasteiger partial charge >= 0.3 is 0 Å². The Morgan fingerprint density at radius 1 is 1.21 bits per heavy atom. The average molecular weight is 276 g/mol. The van der Waals surface area contributed by atoms with Crippen LogP contribution in [-0.2, 0) is 4.43 Å². The molecule has 1 aromatic rings. The summed E-state index contributed by atoms with van der Waals surface area (Å²) in [5.74, 6) is 1.97. The molecule has 1 atom stereocenters. The molecule has 0 saturated heterocycles. The first-order valence-electron chi connectivity index (χ1n) is 7.16. The molecule has 104 valence electrons. The van der Waals surface area contributed by atoms with Crippen molar-refractivity contribution in [3.63, 3.8) is 0 Å². The third-order valence-corrected chi connectivity index (χ3v) is 3.86. The normalized spacial score (nSPS) is 18.3. The number of hydrogen-bond donors (Lipinski definition) is 0. The van der Waals surface area contributed by atoms with E-state index >= 15 is 0 Å². The van der Waals surface area contributed by atoms with Gasteiger partial charge in [-0.25, -0.2) is 0 Å². The maximum Gasteiger partial charge on any atom is 0.242 e. The highest BCUT2D eigenvalue weighted by atomic mass is 28.4. The third kappa shape index (κ3) is 3.87. The Labute approximate surface area is 117 Å². The molecule has 1 aliphatic rings. The molecule has 0 saturated carbocycles. The van der Waals surface area contributed by atoms with Crippen LogP contribution in [0.25, 0.3) is 5.76 Å². The van der Waals surface area contributed by atoms with E-state index in [9.17, 15) is 0 Å².